The van der Waals surface area contributed by atoms with Gasteiger partial charge >= 0.3 is 0 Å². The van der Waals surface area contributed by atoms with E-state index in [1.807, 2.05) is 133 Å². The van der Waals surface area contributed by atoms with Crippen LogP contribution >= 0.6 is 23.2 Å². The molecule has 0 radical (unpaired) electrons. The molecule has 56 heavy (non-hydrogen) atoms. The molecule has 0 amide bonds. The first-order chi connectivity index (χ1) is 27.5. The van der Waals surface area contributed by atoms with Crippen molar-refractivity contribution in [2.75, 3.05) is 0 Å². The van der Waals surface area contributed by atoms with Gasteiger partial charge in [0.15, 0.2) is 0 Å². The average molecular weight is 776 g/mol. The number of hydrogen-bond donors (Lipinski definition) is 0. The third-order valence-corrected chi connectivity index (χ3v) is 10.4. The number of hydrogen-bond acceptors (Lipinski definition) is 7. The van der Waals surface area contributed by atoms with Crippen molar-refractivity contribution in [3.8, 4) is 11.5 Å². The highest BCUT2D eigenvalue weighted by Crippen LogP contribution is 2.38. The molecule has 0 aliphatic carbocycles. The molecule has 8 aromatic rings. The molecule has 0 aliphatic heterocycles. The monoisotopic (exact) mass is 774 g/mol. The number of carbonyl (C=O) groups is 1. The Morgan fingerprint density at radius 1 is 0.518 bits per heavy atom. The lowest BCUT2D eigenvalue weighted by Gasteiger charge is -2.25. The first-order valence-electron chi connectivity index (χ1n) is 18.3. The zero-order chi connectivity index (χ0) is 38.3. The van der Waals surface area contributed by atoms with Gasteiger partial charge in [-0.1, -0.05) is 83.9 Å². The van der Waals surface area contributed by atoms with E-state index in [0.29, 0.717) is 34.4 Å². The van der Waals surface area contributed by atoms with Gasteiger partial charge in [-0.15, -0.1) is 0 Å². The second-order valence-electron chi connectivity index (χ2n) is 13.6. The fraction of sp³-hybridized carbons (Fsp3) is 0.128. The smallest absolute Gasteiger partial charge is 0.148 e. The van der Waals surface area contributed by atoms with Gasteiger partial charge in [0.05, 0.1) is 32.5 Å². The molecule has 2 atom stereocenters. The van der Waals surface area contributed by atoms with Crippen LogP contribution in [0, 0.1) is 0 Å². The molecule has 0 spiro atoms. The molecule has 9 heteroatoms. The maximum atomic E-state index is 15.1. The van der Waals surface area contributed by atoms with E-state index >= 15 is 4.79 Å². The summed E-state index contributed by atoms with van der Waals surface area (Å²) in [6.45, 7) is 0.493. The van der Waals surface area contributed by atoms with Crippen LogP contribution in [0.25, 0.3) is 21.8 Å². The van der Waals surface area contributed by atoms with E-state index in [0.717, 1.165) is 55.4 Å². The van der Waals surface area contributed by atoms with Crippen LogP contribution in [0.15, 0.2) is 158 Å². The molecule has 0 bridgehead atoms. The highest BCUT2D eigenvalue weighted by molar-refractivity contribution is 6.32. The number of aromatic nitrogens is 4. The number of ketones is 1. The Hall–Kier alpha value is -6.15. The van der Waals surface area contributed by atoms with Crippen LogP contribution in [-0.4, -0.2) is 25.7 Å². The predicted molar refractivity (Wildman–Crippen MR) is 221 cm³/mol. The van der Waals surface area contributed by atoms with Crippen molar-refractivity contribution in [3.05, 3.63) is 202 Å². The Bertz CT molecular complexity index is 2440. The molecule has 0 saturated carbocycles. The van der Waals surface area contributed by atoms with Crippen LogP contribution in [0.2, 0.25) is 10.0 Å². The van der Waals surface area contributed by atoms with Crippen LogP contribution in [-0.2, 0) is 30.8 Å². The fourth-order valence-corrected chi connectivity index (χ4v) is 7.39. The number of Topliss-reactive ketones (excluding diaryl/α,β-unsaturated/α-hetero) is 1. The molecule has 276 valence electrons. The minimum absolute atomic E-state index is 0.0221. The summed E-state index contributed by atoms with van der Waals surface area (Å²) in [4.78, 5) is 32.9. The van der Waals surface area contributed by atoms with Gasteiger partial charge in [-0.3, -0.25) is 14.8 Å². The number of nitrogens with zero attached hydrogens (tertiary/aromatic N) is 4. The Labute approximate surface area is 335 Å². The van der Waals surface area contributed by atoms with Gasteiger partial charge in [0.2, 0.25) is 0 Å². The van der Waals surface area contributed by atoms with Crippen molar-refractivity contribution in [1.82, 2.24) is 19.9 Å². The molecule has 0 fully saturated rings. The van der Waals surface area contributed by atoms with Gasteiger partial charge in [0.1, 0.15) is 30.5 Å². The lowest BCUT2D eigenvalue weighted by Crippen LogP contribution is -2.24. The number of benzene rings is 4. The molecule has 4 aromatic heterocycles. The first-order valence-corrected chi connectivity index (χ1v) is 19.1. The maximum absolute atomic E-state index is 15.1. The standard InChI is InChI=1S/C47H36Cl2N4O3/c48-41-27-35(11-15-45(41)55-29-37-13-9-33-5-1-3-7-43(33)52-37)39(25-31-17-21-50-22-18-31)47(54)40(26-32-19-23-51-24-20-32)36-12-16-46(42(49)28-36)56-30-38-14-10-34-6-2-4-8-44(34)53-38/h1-24,27-28,39-40H,25-26,29-30H2. The van der Waals surface area contributed by atoms with E-state index in [4.69, 9.17) is 42.6 Å². The highest BCUT2D eigenvalue weighted by atomic mass is 35.5. The lowest BCUT2D eigenvalue weighted by atomic mass is 9.78. The van der Waals surface area contributed by atoms with Gasteiger partial charge in [-0.2, -0.15) is 0 Å². The van der Waals surface area contributed by atoms with E-state index in [-0.39, 0.29) is 19.0 Å². The number of halogens is 2. The van der Waals surface area contributed by atoms with E-state index < -0.39 is 11.8 Å². The van der Waals surface area contributed by atoms with E-state index in [1.165, 1.54) is 0 Å². The number of fused-ring (bicyclic) bond motifs is 2. The number of para-hydroxylation sites is 2. The molecule has 7 nitrogen and oxygen atoms in total. The second kappa shape index (κ2) is 17.1. The Morgan fingerprint density at radius 2 is 0.946 bits per heavy atom. The summed E-state index contributed by atoms with van der Waals surface area (Å²) < 4.78 is 12.3. The summed E-state index contributed by atoms with van der Waals surface area (Å²) in [7, 11) is 0. The molecular weight excluding hydrogens is 739 g/mol. The first kappa shape index (κ1) is 36.8. The van der Waals surface area contributed by atoms with Gasteiger partial charge in [-0.05, 0) is 108 Å². The molecule has 2 unspecified atom stereocenters. The third-order valence-electron chi connectivity index (χ3n) is 9.85. The fourth-order valence-electron chi connectivity index (χ4n) is 6.90. The summed E-state index contributed by atoms with van der Waals surface area (Å²) in [5.74, 6) is -0.0581. The average Bonchev–Trinajstić information content (AvgIpc) is 3.24. The van der Waals surface area contributed by atoms with Crippen LogP contribution in [0.3, 0.4) is 0 Å². The minimum atomic E-state index is -0.549. The van der Waals surface area contributed by atoms with Gasteiger partial charge < -0.3 is 9.47 Å². The zero-order valence-corrected chi connectivity index (χ0v) is 31.8. The summed E-state index contributed by atoms with van der Waals surface area (Å²) in [6.07, 6.45) is 7.84. The molecular formula is C47H36Cl2N4O3. The molecule has 4 aromatic carbocycles. The predicted octanol–water partition coefficient (Wildman–Crippen LogP) is 11.0. The van der Waals surface area contributed by atoms with Crippen molar-refractivity contribution < 1.29 is 14.3 Å². The van der Waals surface area contributed by atoms with Crippen LogP contribution in [0.4, 0.5) is 0 Å². The topological polar surface area (TPSA) is 87.1 Å². The van der Waals surface area contributed by atoms with E-state index in [1.54, 1.807) is 24.8 Å². The quantitative estimate of drug-likeness (QED) is 0.109. The third kappa shape index (κ3) is 8.70. The van der Waals surface area contributed by atoms with Gasteiger partial charge in [-0.25, -0.2) is 9.97 Å². The maximum Gasteiger partial charge on any atom is 0.148 e. The minimum Gasteiger partial charge on any atom is -0.486 e. The number of ether oxygens (including phenoxy) is 2. The molecule has 0 aliphatic rings. The van der Waals surface area contributed by atoms with Gasteiger partial charge in [0, 0.05) is 47.4 Å². The molecule has 0 saturated heterocycles. The van der Waals surface area contributed by atoms with Crippen molar-refractivity contribution in [2.24, 2.45) is 0 Å². The molecule has 4 heterocycles. The number of pyridine rings is 4. The summed E-state index contributed by atoms with van der Waals surface area (Å²) in [5.41, 5.74) is 6.88. The van der Waals surface area contributed by atoms with Crippen molar-refractivity contribution in [3.63, 3.8) is 0 Å². The van der Waals surface area contributed by atoms with Crippen molar-refractivity contribution in [2.45, 2.75) is 37.9 Å². The largest absolute Gasteiger partial charge is 0.486 e. The number of carbonyl (C=O) groups excluding carboxylic acids is 1. The normalized spacial score (nSPS) is 12.3. The van der Waals surface area contributed by atoms with E-state index in [9.17, 15) is 0 Å². The molecule has 0 N–H and O–H groups in total. The SMILES string of the molecule is O=C(C(Cc1ccncc1)c1ccc(OCc2ccc3ccccc3n2)c(Cl)c1)C(Cc1ccncc1)c1ccc(OCc2ccc3ccccc3n2)c(Cl)c1. The van der Waals surface area contributed by atoms with Gasteiger partial charge in [0.25, 0.3) is 0 Å². The Balaban J connectivity index is 1.07. The zero-order valence-electron chi connectivity index (χ0n) is 30.3. The highest BCUT2D eigenvalue weighted by Gasteiger charge is 2.31. The van der Waals surface area contributed by atoms with E-state index in [2.05, 4.69) is 9.97 Å². The summed E-state index contributed by atoms with van der Waals surface area (Å²) in [6, 6.07) is 42.8. The van der Waals surface area contributed by atoms with Crippen LogP contribution < -0.4 is 9.47 Å². The van der Waals surface area contributed by atoms with Crippen molar-refractivity contribution in [1.29, 1.82) is 0 Å². The summed E-state index contributed by atoms with van der Waals surface area (Å²) in [5, 5.41) is 2.94. The van der Waals surface area contributed by atoms with Crippen LogP contribution in [0.1, 0.15) is 45.5 Å². The second-order valence-corrected chi connectivity index (χ2v) is 14.4. The van der Waals surface area contributed by atoms with Crippen LogP contribution in [0.5, 0.6) is 11.5 Å². The number of rotatable bonds is 14. The molecule has 8 rings (SSSR count). The lowest BCUT2D eigenvalue weighted by molar-refractivity contribution is -0.122. The Morgan fingerprint density at radius 3 is 1.38 bits per heavy atom. The summed E-state index contributed by atoms with van der Waals surface area (Å²) >= 11 is 13.8. The Kier molecular flexibility index (Phi) is 11.2. The van der Waals surface area contributed by atoms with Crippen molar-refractivity contribution >= 4 is 50.8 Å².